The number of carbonyl (C=O) groups excluding carboxylic acids is 8. The lowest BCUT2D eigenvalue weighted by Crippen LogP contribution is -2.29. The predicted octanol–water partition coefficient (Wildman–Crippen LogP) is 1.95. The van der Waals surface area contributed by atoms with Gasteiger partial charge in [-0.05, 0) is 42.5 Å². The van der Waals surface area contributed by atoms with Crippen molar-refractivity contribution in [2.24, 2.45) is 53.8 Å². The van der Waals surface area contributed by atoms with Gasteiger partial charge >= 0.3 is 0 Å². The number of halogens is 1. The first-order valence-corrected chi connectivity index (χ1v) is 22.8. The van der Waals surface area contributed by atoms with Crippen molar-refractivity contribution in [3.63, 3.8) is 0 Å². The molecule has 0 saturated heterocycles. The van der Waals surface area contributed by atoms with Gasteiger partial charge in [-0.2, -0.15) is 0 Å². The van der Waals surface area contributed by atoms with Crippen molar-refractivity contribution < 1.29 is 38.4 Å². The van der Waals surface area contributed by atoms with Crippen LogP contribution in [0.5, 0.6) is 0 Å². The molecule has 77 heavy (non-hydrogen) atoms. The zero-order chi connectivity index (χ0) is 55.1. The van der Waals surface area contributed by atoms with Crippen LogP contribution in [0.25, 0.3) is 0 Å². The maximum Gasteiger partial charge on any atom is 0.292 e. The quantitative estimate of drug-likeness (QED) is 0.0384. The maximum absolute atomic E-state index is 13.4. The lowest BCUT2D eigenvalue weighted by molar-refractivity contribution is 0.0935. The van der Waals surface area contributed by atoms with Crippen molar-refractivity contribution in [3.05, 3.63) is 125 Å². The molecule has 6 aromatic heterocycles. The van der Waals surface area contributed by atoms with Crippen LogP contribution < -0.4 is 54.0 Å². The van der Waals surface area contributed by atoms with Crippen molar-refractivity contribution in [2.75, 3.05) is 45.0 Å². The number of amides is 8. The van der Waals surface area contributed by atoms with E-state index in [4.69, 9.17) is 22.3 Å². The number of hydrogen-bond donors (Lipinski definition) is 12. The molecule has 0 aliphatic rings. The van der Waals surface area contributed by atoms with E-state index in [1.807, 2.05) is 0 Å². The molecule has 29 nitrogen and oxygen atoms in total. The molecule has 402 valence electrons. The Bertz CT molecular complexity index is 3260. The second-order valence-corrected chi connectivity index (χ2v) is 17.2. The summed E-state index contributed by atoms with van der Waals surface area (Å²) >= 11 is 0. The van der Waals surface area contributed by atoms with Crippen LogP contribution in [0.1, 0.15) is 96.9 Å². The smallest absolute Gasteiger partial charge is 0.292 e. The molecule has 0 saturated carbocycles. The molecule has 0 aliphatic heterocycles. The Morgan fingerprint density at radius 3 is 1.08 bits per heavy atom. The van der Waals surface area contributed by atoms with Gasteiger partial charge in [0, 0.05) is 117 Å². The van der Waals surface area contributed by atoms with Gasteiger partial charge in [0.1, 0.15) is 17.1 Å². The Balaban J connectivity index is 0.00000961. The summed E-state index contributed by atoms with van der Waals surface area (Å²) in [7, 11) is 9.52. The fourth-order valence-corrected chi connectivity index (χ4v) is 7.48. The second-order valence-electron chi connectivity index (χ2n) is 17.2. The number of nitrogens with zero attached hydrogens (tertiary/aromatic N) is 9. The van der Waals surface area contributed by atoms with Crippen LogP contribution in [0, 0.1) is 10.8 Å². The third-order valence-corrected chi connectivity index (χ3v) is 11.2. The molecule has 6 heterocycles. The minimum absolute atomic E-state index is 0. The number of nitrogens with two attached hydrogens (primary N) is 2. The van der Waals surface area contributed by atoms with Crippen LogP contribution >= 0.6 is 12.4 Å². The third-order valence-electron chi connectivity index (χ3n) is 11.2. The fraction of sp³-hybridized carbons (Fsp3) is 0.213. The van der Waals surface area contributed by atoms with Gasteiger partial charge in [0.25, 0.3) is 47.3 Å². The highest BCUT2D eigenvalue weighted by Crippen LogP contribution is 2.21. The van der Waals surface area contributed by atoms with Crippen LogP contribution in [0.4, 0.5) is 34.5 Å². The van der Waals surface area contributed by atoms with E-state index in [9.17, 15) is 38.4 Å². The van der Waals surface area contributed by atoms with Crippen LogP contribution in [0.2, 0.25) is 0 Å². The number of anilines is 6. The SMILES string of the molecule is Cl.Cn1cc(NC(=O)c2cc(NC(=O)c3cc(NC(=O)c4ccc(C(=O)Nc5cn(C)c(C(=O)Nc6cn(C)c(C(=O)Nc7cn(C)c(C(=O)NCCC(=N)N)n7)n6)n5)cc4)cn3C)cn2C)cc1C(=O)NCCC(=N)N. The molecule has 0 bridgehead atoms. The van der Waals surface area contributed by atoms with E-state index in [1.165, 1.54) is 104 Å². The van der Waals surface area contributed by atoms with E-state index in [0.29, 0.717) is 17.1 Å². The van der Waals surface area contributed by atoms with Gasteiger partial charge in [0.05, 0.1) is 28.7 Å². The number of benzene rings is 1. The van der Waals surface area contributed by atoms with Crippen molar-refractivity contribution in [2.45, 2.75) is 12.8 Å². The first-order chi connectivity index (χ1) is 36.0. The monoisotopic (exact) mass is 1080 g/mol. The normalized spacial score (nSPS) is 10.7. The van der Waals surface area contributed by atoms with Crippen LogP contribution in [-0.2, 0) is 42.3 Å². The molecule has 0 fully saturated rings. The molecule has 0 aliphatic carbocycles. The first-order valence-electron chi connectivity index (χ1n) is 22.8. The number of carbonyl (C=O) groups is 8. The van der Waals surface area contributed by atoms with Gasteiger partial charge < -0.3 is 81.4 Å². The highest BCUT2D eigenvalue weighted by Gasteiger charge is 2.23. The van der Waals surface area contributed by atoms with Gasteiger partial charge in [0.2, 0.25) is 17.5 Å². The van der Waals surface area contributed by atoms with Crippen molar-refractivity contribution >= 4 is 106 Å². The van der Waals surface area contributed by atoms with Crippen molar-refractivity contribution in [1.29, 1.82) is 10.8 Å². The van der Waals surface area contributed by atoms with Crippen LogP contribution in [0.15, 0.2) is 79.6 Å². The van der Waals surface area contributed by atoms with E-state index in [2.05, 4.69) is 57.5 Å². The van der Waals surface area contributed by atoms with Gasteiger partial charge in [0.15, 0.2) is 17.5 Å². The van der Waals surface area contributed by atoms with E-state index < -0.39 is 47.3 Å². The summed E-state index contributed by atoms with van der Waals surface area (Å²) in [6.07, 6.45) is 9.26. The average molecular weight is 1080 g/mol. The molecule has 1 aromatic carbocycles. The van der Waals surface area contributed by atoms with E-state index in [1.54, 1.807) is 45.2 Å². The number of rotatable bonds is 20. The molecule has 14 N–H and O–H groups in total. The molecule has 0 atom stereocenters. The van der Waals surface area contributed by atoms with Crippen LogP contribution in [0.3, 0.4) is 0 Å². The standard InChI is InChI=1S/C47H53N21O8.ClH/c1-63-19-27(15-29(63)42(71)52-13-11-32(48)49)55-44(73)31-17-28(20-65(31)3)56-43(72)30-16-26(18-64(30)2)54-40(69)24-7-9-25(10-8-24)41(70)60-34-21-67(5)38(58-34)46(75)62-36-23-68(6)39(59-36)47(76)61-35-22-66(4)37(57-35)45(74)53-14-12-33(50)51;/h7-10,15-23H,11-14H2,1-6H3,(H3,48,49)(H3,50,51)(H,52,71)(H,53,74)(H,54,69)(H,55,73)(H,56,72)(H,60,70)(H,61,76)(H,62,75);1H. The molecule has 30 heteroatoms. The van der Waals surface area contributed by atoms with Gasteiger partial charge in [-0.3, -0.25) is 49.2 Å². The molecular formula is C47H54ClN21O8. The first kappa shape index (κ1) is 56.0. The topological polar surface area (TPSA) is 401 Å². The van der Waals surface area contributed by atoms with Gasteiger partial charge in [-0.1, -0.05) is 0 Å². The van der Waals surface area contributed by atoms with Crippen molar-refractivity contribution in [3.8, 4) is 0 Å². The fourth-order valence-electron chi connectivity index (χ4n) is 7.48. The van der Waals surface area contributed by atoms with E-state index in [0.717, 1.165) is 0 Å². The zero-order valence-corrected chi connectivity index (χ0v) is 43.0. The number of amidine groups is 2. The zero-order valence-electron chi connectivity index (χ0n) is 42.2. The summed E-state index contributed by atoms with van der Waals surface area (Å²) < 4.78 is 8.72. The van der Waals surface area contributed by atoms with Gasteiger partial charge in [-0.25, -0.2) is 15.0 Å². The Labute approximate surface area is 443 Å². The van der Waals surface area contributed by atoms with E-state index >= 15 is 0 Å². The molecule has 0 radical (unpaired) electrons. The molecule has 7 aromatic rings. The van der Waals surface area contributed by atoms with Gasteiger partial charge in [-0.15, -0.1) is 12.4 Å². The van der Waals surface area contributed by atoms with Crippen LogP contribution in [-0.4, -0.2) is 114 Å². The summed E-state index contributed by atoms with van der Waals surface area (Å²) in [4.78, 5) is 117. The molecule has 0 spiro atoms. The lowest BCUT2D eigenvalue weighted by atomic mass is 10.1. The largest absolute Gasteiger partial charge is 0.388 e. The number of aromatic nitrogens is 9. The summed E-state index contributed by atoms with van der Waals surface area (Å²) in [5.41, 5.74) is 12.7. The third kappa shape index (κ3) is 13.7. The summed E-state index contributed by atoms with van der Waals surface area (Å²) in [6.45, 7) is 0.318. The summed E-state index contributed by atoms with van der Waals surface area (Å²) in [5.74, 6) is -4.71. The number of nitrogens with one attached hydrogen (secondary N) is 10. The highest BCUT2D eigenvalue weighted by molar-refractivity contribution is 6.10. The average Bonchev–Trinajstić information content (AvgIpc) is 4.22. The number of aryl methyl sites for hydroxylation is 6. The Hall–Kier alpha value is -10.3. The molecule has 8 amide bonds. The van der Waals surface area contributed by atoms with E-state index in [-0.39, 0.29) is 113 Å². The molecule has 0 unspecified atom stereocenters. The summed E-state index contributed by atoms with van der Waals surface area (Å²) in [5, 5.41) is 35.9. The molecular weight excluding hydrogens is 1020 g/mol. The maximum atomic E-state index is 13.4. The minimum Gasteiger partial charge on any atom is -0.388 e. The summed E-state index contributed by atoms with van der Waals surface area (Å²) in [6, 6.07) is 10.2. The minimum atomic E-state index is -0.708. The van der Waals surface area contributed by atoms with Crippen molar-refractivity contribution in [1.82, 2.24) is 53.0 Å². The highest BCUT2D eigenvalue weighted by atomic mass is 35.5. The number of hydrogen-bond acceptors (Lipinski definition) is 13. The second kappa shape index (κ2) is 23.7. The number of imidazole rings is 3. The Morgan fingerprint density at radius 2 is 0.714 bits per heavy atom. The molecule has 7 rings (SSSR count). The Kier molecular flexibility index (Phi) is 17.2. The Morgan fingerprint density at radius 1 is 0.416 bits per heavy atom. The predicted molar refractivity (Wildman–Crippen MR) is 285 cm³/mol. The lowest BCUT2D eigenvalue weighted by Gasteiger charge is -2.05.